The van der Waals surface area contributed by atoms with Gasteiger partial charge < -0.3 is 4.74 Å². The number of amides is 1. The van der Waals surface area contributed by atoms with E-state index >= 15 is 0 Å². The highest BCUT2D eigenvalue weighted by Gasteiger charge is 2.06. The Morgan fingerprint density at radius 2 is 1.72 bits per heavy atom. The van der Waals surface area contributed by atoms with Gasteiger partial charge in [-0.05, 0) is 73.7 Å². The zero-order chi connectivity index (χ0) is 22.3. The number of benzene rings is 4. The van der Waals surface area contributed by atoms with Crippen LogP contribution in [0.2, 0.25) is 0 Å². The van der Waals surface area contributed by atoms with Gasteiger partial charge in [0.15, 0.2) is 0 Å². The third-order valence-electron chi connectivity index (χ3n) is 4.90. The molecular weight excluding hydrogens is 532 g/mol. The summed E-state index contributed by atoms with van der Waals surface area (Å²) >= 11 is 6.95. The molecule has 0 aliphatic carbocycles. The molecule has 0 heterocycles. The molecule has 0 fully saturated rings. The average Bonchev–Trinajstić information content (AvgIpc) is 2.80. The van der Waals surface area contributed by atoms with Gasteiger partial charge in [0.1, 0.15) is 12.4 Å². The van der Waals surface area contributed by atoms with Crippen LogP contribution in [0.25, 0.3) is 10.8 Å². The number of nitrogens with one attached hydrogen (secondary N) is 1. The fraction of sp³-hybridized carbons (Fsp3) is 0.0769. The number of nitrogens with zero attached hydrogens (tertiary/aromatic N) is 1. The van der Waals surface area contributed by atoms with Crippen LogP contribution in [0.4, 0.5) is 0 Å². The molecule has 0 spiro atoms. The Bertz CT molecular complexity index is 1270. The van der Waals surface area contributed by atoms with Crippen LogP contribution in [0.3, 0.4) is 0 Å². The predicted octanol–water partition coefficient (Wildman–Crippen LogP) is 6.64. The Labute approximate surface area is 203 Å². The zero-order valence-electron chi connectivity index (χ0n) is 17.1. The summed E-state index contributed by atoms with van der Waals surface area (Å²) in [5.41, 5.74) is 5.47. The van der Waals surface area contributed by atoms with Crippen LogP contribution in [0.5, 0.6) is 5.75 Å². The number of hydrazone groups is 1. The lowest BCUT2D eigenvalue weighted by molar-refractivity contribution is -0.120. The minimum atomic E-state index is -0.169. The molecule has 32 heavy (non-hydrogen) atoms. The second-order valence-corrected chi connectivity index (χ2v) is 8.98. The van der Waals surface area contributed by atoms with E-state index in [1.54, 1.807) is 6.21 Å². The van der Waals surface area contributed by atoms with Gasteiger partial charge in [0.2, 0.25) is 5.91 Å². The van der Waals surface area contributed by atoms with Crippen LogP contribution in [-0.2, 0) is 17.8 Å². The number of carbonyl (C=O) groups is 1. The van der Waals surface area contributed by atoms with Gasteiger partial charge >= 0.3 is 0 Å². The van der Waals surface area contributed by atoms with Crippen molar-refractivity contribution in [2.24, 2.45) is 5.10 Å². The van der Waals surface area contributed by atoms with E-state index in [-0.39, 0.29) is 12.3 Å². The van der Waals surface area contributed by atoms with Crippen molar-refractivity contribution >= 4 is 54.8 Å². The summed E-state index contributed by atoms with van der Waals surface area (Å²) in [6.45, 7) is 0.472. The summed E-state index contributed by atoms with van der Waals surface area (Å²) < 4.78 is 7.84. The maximum absolute atomic E-state index is 12.1. The van der Waals surface area contributed by atoms with Crippen molar-refractivity contribution in [2.75, 3.05) is 0 Å². The van der Waals surface area contributed by atoms with E-state index < -0.39 is 0 Å². The summed E-state index contributed by atoms with van der Waals surface area (Å²) in [6, 6.07) is 27.8. The van der Waals surface area contributed by atoms with Gasteiger partial charge in [-0.15, -0.1) is 0 Å². The van der Waals surface area contributed by atoms with Gasteiger partial charge in [0.05, 0.1) is 17.1 Å². The number of halogens is 2. The Hall–Kier alpha value is -2.96. The molecule has 1 N–H and O–H groups in total. The smallest absolute Gasteiger partial charge is 0.244 e. The topological polar surface area (TPSA) is 50.7 Å². The molecule has 160 valence electrons. The molecule has 4 aromatic carbocycles. The maximum Gasteiger partial charge on any atom is 0.244 e. The molecule has 4 aromatic rings. The lowest BCUT2D eigenvalue weighted by Crippen LogP contribution is -2.19. The first kappa shape index (κ1) is 22.2. The Balaban J connectivity index is 1.34. The van der Waals surface area contributed by atoms with Crippen LogP contribution in [-0.4, -0.2) is 12.1 Å². The third kappa shape index (κ3) is 5.84. The molecule has 4 nitrogen and oxygen atoms in total. The van der Waals surface area contributed by atoms with Crippen molar-refractivity contribution in [1.82, 2.24) is 5.43 Å². The zero-order valence-corrected chi connectivity index (χ0v) is 20.3. The van der Waals surface area contributed by atoms with Crippen LogP contribution >= 0.6 is 31.9 Å². The predicted molar refractivity (Wildman–Crippen MR) is 136 cm³/mol. The standard InChI is InChI=1S/C26H20Br2N2O2/c27-22-11-8-18(9-12-22)15-26(31)30-29-16-19-10-13-25(24(28)14-19)32-17-21-6-3-5-20-4-1-2-7-23(20)21/h1-14,16H,15,17H2,(H,30,31)/b29-16+. The van der Waals surface area contributed by atoms with Gasteiger partial charge in [0, 0.05) is 4.47 Å². The largest absolute Gasteiger partial charge is 0.488 e. The fourth-order valence-corrected chi connectivity index (χ4v) is 4.07. The molecule has 0 saturated carbocycles. The Kier molecular flexibility index (Phi) is 7.35. The summed E-state index contributed by atoms with van der Waals surface area (Å²) in [4.78, 5) is 12.1. The number of hydrogen-bond acceptors (Lipinski definition) is 3. The Morgan fingerprint density at radius 1 is 0.938 bits per heavy atom. The summed E-state index contributed by atoms with van der Waals surface area (Å²) in [5.74, 6) is 0.576. The highest BCUT2D eigenvalue weighted by Crippen LogP contribution is 2.27. The highest BCUT2D eigenvalue weighted by molar-refractivity contribution is 9.10. The number of fused-ring (bicyclic) bond motifs is 1. The monoisotopic (exact) mass is 550 g/mol. The maximum atomic E-state index is 12.1. The average molecular weight is 552 g/mol. The van der Waals surface area contributed by atoms with Gasteiger partial charge in [-0.2, -0.15) is 5.10 Å². The SMILES string of the molecule is O=C(Cc1ccc(Br)cc1)N/N=C/c1ccc(OCc2cccc3ccccc23)c(Br)c1. The fourth-order valence-electron chi connectivity index (χ4n) is 3.29. The van der Waals surface area contributed by atoms with Crippen molar-refractivity contribution in [2.45, 2.75) is 13.0 Å². The van der Waals surface area contributed by atoms with Crippen molar-refractivity contribution in [3.8, 4) is 5.75 Å². The second kappa shape index (κ2) is 10.6. The molecule has 6 heteroatoms. The number of ether oxygens (including phenoxy) is 1. The van der Waals surface area contributed by atoms with E-state index in [9.17, 15) is 4.79 Å². The van der Waals surface area contributed by atoms with E-state index in [2.05, 4.69) is 66.7 Å². The first-order chi connectivity index (χ1) is 15.6. The van der Waals surface area contributed by atoms with Crippen LogP contribution in [0, 0.1) is 0 Å². The first-order valence-corrected chi connectivity index (χ1v) is 11.6. The van der Waals surface area contributed by atoms with Crippen LogP contribution < -0.4 is 10.2 Å². The normalized spacial score (nSPS) is 11.1. The lowest BCUT2D eigenvalue weighted by atomic mass is 10.1. The van der Waals surface area contributed by atoms with Crippen molar-refractivity contribution < 1.29 is 9.53 Å². The molecule has 0 bridgehead atoms. The molecule has 0 aromatic heterocycles. The highest BCUT2D eigenvalue weighted by atomic mass is 79.9. The molecule has 0 unspecified atom stereocenters. The number of rotatable bonds is 7. The lowest BCUT2D eigenvalue weighted by Gasteiger charge is -2.11. The van der Waals surface area contributed by atoms with E-state index in [4.69, 9.17) is 4.74 Å². The minimum Gasteiger partial charge on any atom is -0.488 e. The van der Waals surface area contributed by atoms with Crippen molar-refractivity contribution in [1.29, 1.82) is 0 Å². The van der Waals surface area contributed by atoms with Gasteiger partial charge in [-0.25, -0.2) is 5.43 Å². The van der Waals surface area contributed by atoms with Crippen molar-refractivity contribution in [3.63, 3.8) is 0 Å². The molecule has 0 atom stereocenters. The molecule has 4 rings (SSSR count). The summed E-state index contributed by atoms with van der Waals surface area (Å²) in [7, 11) is 0. The van der Waals surface area contributed by atoms with E-state index in [1.165, 1.54) is 10.8 Å². The first-order valence-electron chi connectivity index (χ1n) is 10.0. The van der Waals surface area contributed by atoms with E-state index in [1.807, 2.05) is 60.7 Å². The Morgan fingerprint density at radius 3 is 2.53 bits per heavy atom. The van der Waals surface area contributed by atoms with Crippen LogP contribution in [0.15, 0.2) is 99.0 Å². The van der Waals surface area contributed by atoms with E-state index in [0.29, 0.717) is 6.61 Å². The third-order valence-corrected chi connectivity index (χ3v) is 6.05. The second-order valence-electron chi connectivity index (χ2n) is 7.21. The number of hydrogen-bond donors (Lipinski definition) is 1. The van der Waals surface area contributed by atoms with Gasteiger partial charge in [0.25, 0.3) is 0 Å². The summed E-state index contributed by atoms with van der Waals surface area (Å²) in [5, 5.41) is 6.44. The van der Waals surface area contributed by atoms with E-state index in [0.717, 1.165) is 31.4 Å². The number of carbonyl (C=O) groups excluding carboxylic acids is 1. The molecular formula is C26H20Br2N2O2. The van der Waals surface area contributed by atoms with Crippen molar-refractivity contribution in [3.05, 3.63) is 111 Å². The molecule has 0 aliphatic rings. The molecule has 0 aliphatic heterocycles. The van der Waals surface area contributed by atoms with Gasteiger partial charge in [-0.1, -0.05) is 70.5 Å². The summed E-state index contributed by atoms with van der Waals surface area (Å²) in [6.07, 6.45) is 1.88. The van der Waals surface area contributed by atoms with Crippen LogP contribution in [0.1, 0.15) is 16.7 Å². The molecule has 0 radical (unpaired) electrons. The quantitative estimate of drug-likeness (QED) is 0.207. The molecule has 1 amide bonds. The molecule has 0 saturated heterocycles. The van der Waals surface area contributed by atoms with Gasteiger partial charge in [-0.3, -0.25) is 4.79 Å². The minimum absolute atomic E-state index is 0.169.